The predicted octanol–water partition coefficient (Wildman–Crippen LogP) is 2.53. The molecule has 0 saturated carbocycles. The minimum Gasteiger partial charge on any atom is -0.339 e. The van der Waals surface area contributed by atoms with E-state index >= 15 is 0 Å². The number of piperidine rings is 1. The molecule has 0 bridgehead atoms. The number of halogens is 1. The molecule has 2 saturated heterocycles. The highest BCUT2D eigenvalue weighted by atomic mass is 35.5. The number of nitrogens with one attached hydrogen (secondary N) is 1. The van der Waals surface area contributed by atoms with Gasteiger partial charge in [0.15, 0.2) is 0 Å². The minimum absolute atomic E-state index is 0. The molecule has 0 unspecified atom stereocenters. The fourth-order valence-corrected chi connectivity index (χ4v) is 3.43. The lowest BCUT2D eigenvalue weighted by Gasteiger charge is -2.34. The molecule has 3 rings (SSSR count). The number of carbonyl (C=O) groups excluding carboxylic acids is 1. The maximum Gasteiger partial charge on any atom is 0.253 e. The molecule has 1 aromatic carbocycles. The molecule has 0 spiro atoms. The molecule has 2 aliphatic heterocycles. The molecule has 5 heteroatoms. The second-order valence-corrected chi connectivity index (χ2v) is 6.58. The first-order valence-corrected chi connectivity index (χ1v) is 8.57. The third-order valence-electron chi connectivity index (χ3n) is 4.84. The Morgan fingerprint density at radius 3 is 2.74 bits per heavy atom. The number of carbonyl (C=O) groups is 1. The molecule has 1 N–H and O–H groups in total. The molecule has 2 aliphatic rings. The largest absolute Gasteiger partial charge is 0.339 e. The lowest BCUT2D eigenvalue weighted by Crippen LogP contribution is -2.49. The SMILES string of the molecule is C[C@@H]1CNCCN1Cc1cccc(C(=O)N2CCCCC2)c1.Cl. The highest BCUT2D eigenvalue weighted by molar-refractivity contribution is 5.94. The summed E-state index contributed by atoms with van der Waals surface area (Å²) in [6.07, 6.45) is 3.54. The molecule has 2 fully saturated rings. The van der Waals surface area contributed by atoms with Gasteiger partial charge < -0.3 is 10.2 Å². The highest BCUT2D eigenvalue weighted by Gasteiger charge is 2.20. The van der Waals surface area contributed by atoms with Crippen LogP contribution in [0.4, 0.5) is 0 Å². The Labute approximate surface area is 145 Å². The van der Waals surface area contributed by atoms with Crippen LogP contribution in [0.3, 0.4) is 0 Å². The summed E-state index contributed by atoms with van der Waals surface area (Å²) in [5.74, 6) is 0.204. The number of likely N-dealkylation sites (tertiary alicyclic amines) is 1. The van der Waals surface area contributed by atoms with Crippen molar-refractivity contribution in [2.45, 2.75) is 38.8 Å². The van der Waals surface area contributed by atoms with Crippen molar-refractivity contribution in [3.05, 3.63) is 35.4 Å². The Morgan fingerprint density at radius 1 is 1.22 bits per heavy atom. The molecular formula is C18H28ClN3O. The minimum atomic E-state index is 0. The van der Waals surface area contributed by atoms with Crippen molar-refractivity contribution < 1.29 is 4.79 Å². The van der Waals surface area contributed by atoms with E-state index in [1.807, 2.05) is 17.0 Å². The van der Waals surface area contributed by atoms with Crippen molar-refractivity contribution in [2.75, 3.05) is 32.7 Å². The van der Waals surface area contributed by atoms with Gasteiger partial charge in [0.1, 0.15) is 0 Å². The van der Waals surface area contributed by atoms with Gasteiger partial charge in [0.05, 0.1) is 0 Å². The van der Waals surface area contributed by atoms with Crippen LogP contribution in [0.2, 0.25) is 0 Å². The summed E-state index contributed by atoms with van der Waals surface area (Å²) in [4.78, 5) is 17.1. The lowest BCUT2D eigenvalue weighted by atomic mass is 10.1. The normalized spacial score (nSPS) is 22.5. The first kappa shape index (κ1) is 18.2. The van der Waals surface area contributed by atoms with Gasteiger partial charge in [-0.1, -0.05) is 12.1 Å². The molecule has 1 amide bonds. The van der Waals surface area contributed by atoms with Gasteiger partial charge in [-0.15, -0.1) is 12.4 Å². The number of nitrogens with zero attached hydrogens (tertiary/aromatic N) is 2. The van der Waals surface area contributed by atoms with Crippen molar-refractivity contribution in [3.8, 4) is 0 Å². The van der Waals surface area contributed by atoms with Crippen LogP contribution in [0.15, 0.2) is 24.3 Å². The zero-order chi connectivity index (χ0) is 15.4. The van der Waals surface area contributed by atoms with Crippen LogP contribution >= 0.6 is 12.4 Å². The summed E-state index contributed by atoms with van der Waals surface area (Å²) in [5.41, 5.74) is 2.10. The van der Waals surface area contributed by atoms with E-state index in [9.17, 15) is 4.79 Å². The third kappa shape index (κ3) is 4.69. The van der Waals surface area contributed by atoms with Gasteiger partial charge in [0.2, 0.25) is 0 Å². The number of benzene rings is 1. The fourth-order valence-electron chi connectivity index (χ4n) is 3.43. The van der Waals surface area contributed by atoms with Crippen molar-refractivity contribution in [3.63, 3.8) is 0 Å². The van der Waals surface area contributed by atoms with Gasteiger partial charge in [0.25, 0.3) is 5.91 Å². The monoisotopic (exact) mass is 337 g/mol. The van der Waals surface area contributed by atoms with Crippen LogP contribution in [0.5, 0.6) is 0 Å². The molecule has 23 heavy (non-hydrogen) atoms. The van der Waals surface area contributed by atoms with E-state index in [4.69, 9.17) is 0 Å². The molecule has 1 aromatic rings. The number of hydrogen-bond acceptors (Lipinski definition) is 3. The summed E-state index contributed by atoms with van der Waals surface area (Å²) < 4.78 is 0. The average molecular weight is 338 g/mol. The molecule has 0 aromatic heterocycles. The number of rotatable bonds is 3. The van der Waals surface area contributed by atoms with Crippen LogP contribution in [0.25, 0.3) is 0 Å². The Balaban J connectivity index is 0.00000192. The van der Waals surface area contributed by atoms with Crippen LogP contribution in [-0.2, 0) is 6.54 Å². The predicted molar refractivity (Wildman–Crippen MR) is 96.2 cm³/mol. The van der Waals surface area contributed by atoms with E-state index in [1.54, 1.807) is 0 Å². The van der Waals surface area contributed by atoms with Crippen molar-refractivity contribution >= 4 is 18.3 Å². The first-order chi connectivity index (χ1) is 10.7. The fraction of sp³-hybridized carbons (Fsp3) is 0.611. The molecular weight excluding hydrogens is 310 g/mol. The second-order valence-electron chi connectivity index (χ2n) is 6.58. The second kappa shape index (κ2) is 8.67. The Bertz CT molecular complexity index is 517. The van der Waals surface area contributed by atoms with Crippen LogP contribution < -0.4 is 5.32 Å². The Morgan fingerprint density at radius 2 is 2.00 bits per heavy atom. The zero-order valence-electron chi connectivity index (χ0n) is 14.0. The van der Waals surface area contributed by atoms with Crippen LogP contribution in [-0.4, -0.2) is 54.5 Å². The molecule has 4 nitrogen and oxygen atoms in total. The van der Waals surface area contributed by atoms with E-state index in [-0.39, 0.29) is 18.3 Å². The van der Waals surface area contributed by atoms with E-state index < -0.39 is 0 Å². The van der Waals surface area contributed by atoms with Gasteiger partial charge in [-0.25, -0.2) is 0 Å². The van der Waals surface area contributed by atoms with E-state index in [0.717, 1.165) is 57.7 Å². The Hall–Kier alpha value is -1.10. The van der Waals surface area contributed by atoms with E-state index in [1.165, 1.54) is 12.0 Å². The maximum absolute atomic E-state index is 12.6. The summed E-state index contributed by atoms with van der Waals surface area (Å²) in [6, 6.07) is 8.77. The van der Waals surface area contributed by atoms with Gasteiger partial charge in [-0.05, 0) is 43.9 Å². The zero-order valence-corrected chi connectivity index (χ0v) is 14.8. The van der Waals surface area contributed by atoms with Gasteiger partial charge in [0, 0.05) is 50.9 Å². The lowest BCUT2D eigenvalue weighted by molar-refractivity contribution is 0.0724. The molecule has 128 valence electrons. The molecule has 1 atom stereocenters. The van der Waals surface area contributed by atoms with E-state index in [0.29, 0.717) is 6.04 Å². The van der Waals surface area contributed by atoms with Gasteiger partial charge in [-0.3, -0.25) is 9.69 Å². The van der Waals surface area contributed by atoms with Crippen molar-refractivity contribution in [1.82, 2.24) is 15.1 Å². The molecule has 0 aliphatic carbocycles. The molecule has 0 radical (unpaired) electrons. The third-order valence-corrected chi connectivity index (χ3v) is 4.84. The first-order valence-electron chi connectivity index (χ1n) is 8.57. The quantitative estimate of drug-likeness (QED) is 0.920. The van der Waals surface area contributed by atoms with Crippen molar-refractivity contribution in [2.24, 2.45) is 0 Å². The summed E-state index contributed by atoms with van der Waals surface area (Å²) in [7, 11) is 0. The summed E-state index contributed by atoms with van der Waals surface area (Å²) >= 11 is 0. The maximum atomic E-state index is 12.6. The number of piperazine rings is 1. The molecule has 2 heterocycles. The number of amides is 1. The van der Waals surface area contributed by atoms with Gasteiger partial charge in [-0.2, -0.15) is 0 Å². The van der Waals surface area contributed by atoms with E-state index in [2.05, 4.69) is 29.3 Å². The number of hydrogen-bond donors (Lipinski definition) is 1. The average Bonchev–Trinajstić information content (AvgIpc) is 2.57. The van der Waals surface area contributed by atoms with Crippen molar-refractivity contribution in [1.29, 1.82) is 0 Å². The highest BCUT2D eigenvalue weighted by Crippen LogP contribution is 2.16. The summed E-state index contributed by atoms with van der Waals surface area (Å²) in [5, 5.41) is 3.42. The standard InChI is InChI=1S/C18H27N3O.ClH/c1-15-13-19-8-11-21(15)14-16-6-5-7-17(12-16)18(22)20-9-3-2-4-10-20;/h5-7,12,15,19H,2-4,8-11,13-14H2,1H3;1H/t15-;/m1./s1. The van der Waals surface area contributed by atoms with Gasteiger partial charge >= 0.3 is 0 Å². The summed E-state index contributed by atoms with van der Waals surface area (Å²) in [6.45, 7) is 8.20. The Kier molecular flexibility index (Phi) is 6.88. The van der Waals surface area contributed by atoms with Crippen LogP contribution in [0.1, 0.15) is 42.1 Å². The smallest absolute Gasteiger partial charge is 0.253 e. The topological polar surface area (TPSA) is 35.6 Å². The van der Waals surface area contributed by atoms with Crippen LogP contribution in [0, 0.1) is 0 Å².